The van der Waals surface area contributed by atoms with Gasteiger partial charge in [-0.25, -0.2) is 18.2 Å². The topological polar surface area (TPSA) is 105 Å². The van der Waals surface area contributed by atoms with Crippen LogP contribution >= 0.6 is 0 Å². The van der Waals surface area contributed by atoms with Gasteiger partial charge in [-0.15, -0.1) is 0 Å². The molecule has 0 bridgehead atoms. The van der Waals surface area contributed by atoms with Crippen molar-refractivity contribution in [1.82, 2.24) is 30.2 Å². The number of pyridine rings is 2. The summed E-state index contributed by atoms with van der Waals surface area (Å²) in [6.45, 7) is 3.04. The fraction of sp³-hybridized carbons (Fsp3) is 0.520. The fourth-order valence-electron chi connectivity index (χ4n) is 5.93. The molecule has 3 atom stereocenters. The normalized spacial score (nSPS) is 25.6. The molecule has 0 radical (unpaired) electrons. The Bertz CT molecular complexity index is 1340. The van der Waals surface area contributed by atoms with E-state index in [4.69, 9.17) is 10.5 Å². The highest BCUT2D eigenvalue weighted by Gasteiger charge is 2.49. The minimum Gasteiger partial charge on any atom is -0.461 e. The lowest BCUT2D eigenvalue weighted by Crippen LogP contribution is -2.43. The van der Waals surface area contributed by atoms with Crippen LogP contribution in [0.5, 0.6) is 6.01 Å². The van der Waals surface area contributed by atoms with Gasteiger partial charge in [-0.3, -0.25) is 9.88 Å². The second-order valence-corrected chi connectivity index (χ2v) is 10.2. The summed E-state index contributed by atoms with van der Waals surface area (Å²) in [5.74, 6) is -1.08. The number of ether oxygens (including phenoxy) is 1. The molecule has 6 heterocycles. The van der Waals surface area contributed by atoms with Gasteiger partial charge in [0.15, 0.2) is 11.6 Å². The highest BCUT2D eigenvalue weighted by molar-refractivity contribution is 5.91. The number of alkyl halides is 1. The van der Waals surface area contributed by atoms with Crippen LogP contribution in [0.4, 0.5) is 24.8 Å². The van der Waals surface area contributed by atoms with Gasteiger partial charge in [0, 0.05) is 38.8 Å². The number of nitrogens with one attached hydrogen (secondary N) is 1. The number of halogens is 3. The van der Waals surface area contributed by atoms with Gasteiger partial charge < -0.3 is 20.7 Å². The summed E-state index contributed by atoms with van der Waals surface area (Å²) in [6.07, 6.45) is 3.61. The molecule has 3 aliphatic rings. The minimum absolute atomic E-state index is 0.0131. The molecule has 6 rings (SSSR count). The van der Waals surface area contributed by atoms with Crippen LogP contribution in [0.25, 0.3) is 22.3 Å². The molecule has 3 fully saturated rings. The van der Waals surface area contributed by atoms with E-state index in [2.05, 4.69) is 30.2 Å². The van der Waals surface area contributed by atoms with E-state index in [-0.39, 0.29) is 41.4 Å². The van der Waals surface area contributed by atoms with Crippen molar-refractivity contribution in [2.45, 2.75) is 43.4 Å². The zero-order chi connectivity index (χ0) is 25.7. The molecule has 3 saturated heterocycles. The molecular formula is C25H29F3N8O. The Hall–Kier alpha value is -3.25. The van der Waals surface area contributed by atoms with E-state index in [0.717, 1.165) is 45.0 Å². The Balaban J connectivity index is 1.43. The van der Waals surface area contributed by atoms with E-state index in [9.17, 15) is 8.78 Å². The van der Waals surface area contributed by atoms with Crippen LogP contribution in [-0.2, 0) is 0 Å². The van der Waals surface area contributed by atoms with E-state index < -0.39 is 23.3 Å². The molecule has 3 aliphatic heterocycles. The van der Waals surface area contributed by atoms with Crippen LogP contribution in [0.15, 0.2) is 18.3 Å². The molecule has 0 amide bonds. The van der Waals surface area contributed by atoms with Crippen LogP contribution in [0, 0.1) is 11.6 Å². The number of anilines is 2. The monoisotopic (exact) mass is 514 g/mol. The summed E-state index contributed by atoms with van der Waals surface area (Å²) < 4.78 is 50.8. The largest absolute Gasteiger partial charge is 0.461 e. The summed E-state index contributed by atoms with van der Waals surface area (Å²) >= 11 is 0. The summed E-state index contributed by atoms with van der Waals surface area (Å²) in [4.78, 5) is 21.3. The molecule has 9 nitrogen and oxygen atoms in total. The van der Waals surface area contributed by atoms with Crippen molar-refractivity contribution < 1.29 is 17.9 Å². The third-order valence-electron chi connectivity index (χ3n) is 7.88. The molecule has 12 heteroatoms. The molecule has 0 spiro atoms. The fourth-order valence-corrected chi connectivity index (χ4v) is 5.93. The molecule has 3 aromatic rings. The highest BCUT2D eigenvalue weighted by Crippen LogP contribution is 2.40. The maximum absolute atomic E-state index is 15.9. The highest BCUT2D eigenvalue weighted by atomic mass is 19.1. The first-order valence-electron chi connectivity index (χ1n) is 12.6. The number of nitrogen functional groups attached to an aromatic ring is 1. The van der Waals surface area contributed by atoms with E-state index in [1.165, 1.54) is 12.3 Å². The van der Waals surface area contributed by atoms with Gasteiger partial charge in [0.05, 0.1) is 10.9 Å². The standard InChI is InChI=1S/C25H29F3N8O/c1-35(15-5-7-30-10-15)23-16-11-31-22(21-17(27)3-4-18(29)32-21)19(28)20(16)33-24(34-23)37-13-25-6-2-8-36(25)12-14(26)9-25/h3-4,11,14-15,30H,2,5-10,12-13H2,1H3,(H2,29,32)/t14-,15-,25+/m1/s1. The number of nitrogens with two attached hydrogens (primary N) is 1. The number of hydrogen-bond donors (Lipinski definition) is 2. The summed E-state index contributed by atoms with van der Waals surface area (Å²) in [6, 6.07) is 2.54. The molecule has 3 aromatic heterocycles. The SMILES string of the molecule is CN(c1nc(OC[C@@]23CCCN2C[C@H](F)C3)nc2c(F)c(-c3nc(N)ccc3F)ncc12)[C@@H]1CCNC1. The third-order valence-corrected chi connectivity index (χ3v) is 7.88. The lowest BCUT2D eigenvalue weighted by atomic mass is 9.95. The Kier molecular flexibility index (Phi) is 6.03. The first-order valence-corrected chi connectivity index (χ1v) is 12.6. The average molecular weight is 515 g/mol. The quantitative estimate of drug-likeness (QED) is 0.514. The lowest BCUT2D eigenvalue weighted by molar-refractivity contribution is 0.107. The summed E-state index contributed by atoms with van der Waals surface area (Å²) in [7, 11) is 1.89. The zero-order valence-electron chi connectivity index (χ0n) is 20.6. The van der Waals surface area contributed by atoms with Crippen molar-refractivity contribution in [3.63, 3.8) is 0 Å². The lowest BCUT2D eigenvalue weighted by Gasteiger charge is -2.31. The van der Waals surface area contributed by atoms with Gasteiger partial charge in [0.25, 0.3) is 0 Å². The first kappa shape index (κ1) is 24.1. The van der Waals surface area contributed by atoms with E-state index in [1.807, 2.05) is 11.9 Å². The van der Waals surface area contributed by atoms with Gasteiger partial charge in [-0.2, -0.15) is 9.97 Å². The maximum atomic E-state index is 15.9. The summed E-state index contributed by atoms with van der Waals surface area (Å²) in [5.41, 5.74) is 4.67. The molecule has 196 valence electrons. The van der Waals surface area contributed by atoms with E-state index in [1.54, 1.807) is 0 Å². The van der Waals surface area contributed by atoms with Crippen molar-refractivity contribution >= 4 is 22.5 Å². The molecular weight excluding hydrogens is 485 g/mol. The number of likely N-dealkylation sites (N-methyl/N-ethyl adjacent to an activating group) is 1. The van der Waals surface area contributed by atoms with Gasteiger partial charge >= 0.3 is 6.01 Å². The Morgan fingerprint density at radius 1 is 1.24 bits per heavy atom. The predicted octanol–water partition coefficient (Wildman–Crippen LogP) is 2.70. The summed E-state index contributed by atoms with van der Waals surface area (Å²) in [5, 5.41) is 3.69. The Morgan fingerprint density at radius 3 is 2.92 bits per heavy atom. The number of nitrogens with zero attached hydrogens (tertiary/aromatic N) is 6. The van der Waals surface area contributed by atoms with Crippen molar-refractivity contribution in [1.29, 1.82) is 0 Å². The molecule has 0 aromatic carbocycles. The van der Waals surface area contributed by atoms with Crippen LogP contribution in [0.3, 0.4) is 0 Å². The van der Waals surface area contributed by atoms with E-state index in [0.29, 0.717) is 24.2 Å². The Labute approximate surface area is 212 Å². The zero-order valence-corrected chi connectivity index (χ0v) is 20.6. The van der Waals surface area contributed by atoms with Gasteiger partial charge in [0.1, 0.15) is 41.3 Å². The number of fused-ring (bicyclic) bond motifs is 2. The second-order valence-electron chi connectivity index (χ2n) is 10.2. The van der Waals surface area contributed by atoms with Gasteiger partial charge in [0.2, 0.25) is 0 Å². The van der Waals surface area contributed by atoms with Crippen molar-refractivity contribution in [3.05, 3.63) is 30.0 Å². The smallest absolute Gasteiger partial charge is 0.319 e. The van der Waals surface area contributed by atoms with Crippen molar-refractivity contribution in [2.24, 2.45) is 0 Å². The van der Waals surface area contributed by atoms with Gasteiger partial charge in [-0.1, -0.05) is 0 Å². The minimum atomic E-state index is -0.898. The third kappa shape index (κ3) is 4.21. The molecule has 0 saturated carbocycles. The molecule has 0 unspecified atom stereocenters. The van der Waals surface area contributed by atoms with E-state index >= 15 is 4.39 Å². The first-order chi connectivity index (χ1) is 17.8. The number of rotatable bonds is 6. The molecule has 0 aliphatic carbocycles. The van der Waals surface area contributed by atoms with Crippen LogP contribution in [0.1, 0.15) is 25.7 Å². The van der Waals surface area contributed by atoms with Crippen molar-refractivity contribution in [2.75, 3.05) is 50.5 Å². The molecule has 37 heavy (non-hydrogen) atoms. The molecule has 3 N–H and O–H groups in total. The van der Waals surface area contributed by atoms with Crippen LogP contribution in [0.2, 0.25) is 0 Å². The average Bonchev–Trinajstić information content (AvgIpc) is 3.61. The van der Waals surface area contributed by atoms with Gasteiger partial charge in [-0.05, 0) is 44.5 Å². The number of hydrogen-bond acceptors (Lipinski definition) is 9. The second kappa shape index (κ2) is 9.25. The Morgan fingerprint density at radius 2 is 2.11 bits per heavy atom. The van der Waals surface area contributed by atoms with Crippen LogP contribution in [-0.4, -0.2) is 82.4 Å². The predicted molar refractivity (Wildman–Crippen MR) is 133 cm³/mol. The number of aromatic nitrogens is 4. The maximum Gasteiger partial charge on any atom is 0.319 e. The van der Waals surface area contributed by atoms with Crippen molar-refractivity contribution in [3.8, 4) is 17.4 Å². The van der Waals surface area contributed by atoms with Crippen LogP contribution < -0.4 is 20.7 Å².